The predicted octanol–water partition coefficient (Wildman–Crippen LogP) is 2.53. The summed E-state index contributed by atoms with van der Waals surface area (Å²) in [5, 5.41) is 3.39. The lowest BCUT2D eigenvalue weighted by Gasteiger charge is -2.37. The Kier molecular flexibility index (Phi) is 5.67. The van der Waals surface area contributed by atoms with Crippen LogP contribution in [0.25, 0.3) is 0 Å². The first kappa shape index (κ1) is 14.4. The van der Waals surface area contributed by atoms with Crippen LogP contribution in [0.15, 0.2) is 30.3 Å². The third-order valence-corrected chi connectivity index (χ3v) is 4.02. The topological polar surface area (TPSA) is 24.5 Å². The van der Waals surface area contributed by atoms with Crippen LogP contribution in [0.2, 0.25) is 0 Å². The Bertz CT molecular complexity index is 355. The molecule has 2 atom stereocenters. The van der Waals surface area contributed by atoms with Gasteiger partial charge in [0.15, 0.2) is 0 Å². The molecule has 106 valence electrons. The number of rotatable bonds is 6. The van der Waals surface area contributed by atoms with E-state index in [0.29, 0.717) is 12.1 Å². The van der Waals surface area contributed by atoms with E-state index in [-0.39, 0.29) is 0 Å². The summed E-state index contributed by atoms with van der Waals surface area (Å²) in [6.45, 7) is 5.49. The molecule has 1 heterocycles. The van der Waals surface area contributed by atoms with Gasteiger partial charge in [-0.3, -0.25) is 0 Å². The zero-order valence-electron chi connectivity index (χ0n) is 12.1. The number of nitrogens with zero attached hydrogens (tertiary/aromatic N) is 1. The second-order valence-corrected chi connectivity index (χ2v) is 5.41. The van der Waals surface area contributed by atoms with Crippen molar-refractivity contribution in [2.75, 3.05) is 26.7 Å². The van der Waals surface area contributed by atoms with E-state index in [4.69, 9.17) is 4.74 Å². The van der Waals surface area contributed by atoms with E-state index in [1.54, 1.807) is 0 Å². The number of hydrogen-bond acceptors (Lipinski definition) is 3. The molecule has 1 saturated heterocycles. The zero-order chi connectivity index (χ0) is 13.5. The maximum atomic E-state index is 5.74. The maximum absolute atomic E-state index is 5.74. The standard InChI is InChI=1S/C16H26N2O/c1-14-13-15(17-2)9-11-18(14)10-6-12-19-16-7-4-3-5-8-16/h3-5,7-8,14-15,17H,6,9-13H2,1-2H3. The molecule has 0 saturated carbocycles. The third-order valence-electron chi connectivity index (χ3n) is 4.02. The van der Waals surface area contributed by atoms with Gasteiger partial charge in [0.25, 0.3) is 0 Å². The quantitative estimate of drug-likeness (QED) is 0.797. The molecule has 0 amide bonds. The van der Waals surface area contributed by atoms with Crippen molar-refractivity contribution < 1.29 is 4.74 Å². The Morgan fingerprint density at radius 3 is 2.79 bits per heavy atom. The van der Waals surface area contributed by atoms with Crippen LogP contribution in [0.5, 0.6) is 5.75 Å². The molecule has 1 aliphatic heterocycles. The molecule has 2 rings (SSSR count). The van der Waals surface area contributed by atoms with Gasteiger partial charge in [-0.05, 0) is 51.9 Å². The van der Waals surface area contributed by atoms with Gasteiger partial charge in [-0.2, -0.15) is 0 Å². The van der Waals surface area contributed by atoms with Gasteiger partial charge < -0.3 is 15.0 Å². The highest BCUT2D eigenvalue weighted by molar-refractivity contribution is 5.20. The minimum atomic E-state index is 0.683. The summed E-state index contributed by atoms with van der Waals surface area (Å²) < 4.78 is 5.74. The summed E-state index contributed by atoms with van der Waals surface area (Å²) in [5.41, 5.74) is 0. The van der Waals surface area contributed by atoms with Gasteiger partial charge in [-0.25, -0.2) is 0 Å². The molecule has 3 nitrogen and oxygen atoms in total. The molecule has 0 radical (unpaired) electrons. The van der Waals surface area contributed by atoms with Gasteiger partial charge in [0, 0.05) is 18.6 Å². The molecule has 0 aromatic heterocycles. The average Bonchev–Trinajstić information content (AvgIpc) is 2.46. The van der Waals surface area contributed by atoms with Gasteiger partial charge in [0.1, 0.15) is 5.75 Å². The summed E-state index contributed by atoms with van der Waals surface area (Å²) in [6.07, 6.45) is 3.62. The fraction of sp³-hybridized carbons (Fsp3) is 0.625. The Morgan fingerprint density at radius 2 is 2.11 bits per heavy atom. The molecule has 1 N–H and O–H groups in total. The summed E-state index contributed by atoms with van der Waals surface area (Å²) in [4.78, 5) is 2.59. The Labute approximate surface area is 116 Å². The Morgan fingerprint density at radius 1 is 1.32 bits per heavy atom. The van der Waals surface area contributed by atoms with Gasteiger partial charge in [0.2, 0.25) is 0 Å². The van der Waals surface area contributed by atoms with Crippen LogP contribution in [-0.2, 0) is 0 Å². The number of nitrogens with one attached hydrogen (secondary N) is 1. The van der Waals surface area contributed by atoms with E-state index in [1.165, 1.54) is 19.4 Å². The lowest BCUT2D eigenvalue weighted by Crippen LogP contribution is -2.46. The Hall–Kier alpha value is -1.06. The number of likely N-dealkylation sites (tertiary alicyclic amines) is 1. The molecule has 19 heavy (non-hydrogen) atoms. The van der Waals surface area contributed by atoms with E-state index in [1.807, 2.05) is 30.3 Å². The van der Waals surface area contributed by atoms with E-state index in [0.717, 1.165) is 25.3 Å². The van der Waals surface area contributed by atoms with Crippen molar-refractivity contribution >= 4 is 0 Å². The first-order valence-corrected chi connectivity index (χ1v) is 7.38. The lowest BCUT2D eigenvalue weighted by molar-refractivity contribution is 0.129. The smallest absolute Gasteiger partial charge is 0.119 e. The summed E-state index contributed by atoms with van der Waals surface area (Å²) in [6, 6.07) is 11.5. The highest BCUT2D eigenvalue weighted by Gasteiger charge is 2.23. The summed E-state index contributed by atoms with van der Waals surface area (Å²) >= 11 is 0. The van der Waals surface area contributed by atoms with Crippen molar-refractivity contribution in [3.63, 3.8) is 0 Å². The number of benzene rings is 1. The molecule has 0 bridgehead atoms. The van der Waals surface area contributed by atoms with Gasteiger partial charge in [0.05, 0.1) is 6.61 Å². The van der Waals surface area contributed by atoms with Crippen molar-refractivity contribution in [2.45, 2.75) is 38.3 Å². The first-order chi connectivity index (χ1) is 9.29. The fourth-order valence-electron chi connectivity index (χ4n) is 2.79. The summed E-state index contributed by atoms with van der Waals surface area (Å²) in [5.74, 6) is 0.976. The number of para-hydroxylation sites is 1. The highest BCUT2D eigenvalue weighted by Crippen LogP contribution is 2.17. The fourth-order valence-corrected chi connectivity index (χ4v) is 2.79. The van der Waals surface area contributed by atoms with Crippen molar-refractivity contribution in [3.8, 4) is 5.75 Å². The van der Waals surface area contributed by atoms with Crippen LogP contribution in [0.1, 0.15) is 26.2 Å². The molecular weight excluding hydrogens is 236 g/mol. The molecule has 0 spiro atoms. The number of ether oxygens (including phenoxy) is 1. The monoisotopic (exact) mass is 262 g/mol. The van der Waals surface area contributed by atoms with Crippen molar-refractivity contribution in [1.82, 2.24) is 10.2 Å². The van der Waals surface area contributed by atoms with E-state index >= 15 is 0 Å². The number of hydrogen-bond donors (Lipinski definition) is 1. The zero-order valence-corrected chi connectivity index (χ0v) is 12.1. The molecule has 1 aromatic carbocycles. The van der Waals surface area contributed by atoms with Crippen LogP contribution in [0.4, 0.5) is 0 Å². The molecule has 1 fully saturated rings. The van der Waals surface area contributed by atoms with Crippen LogP contribution in [0.3, 0.4) is 0 Å². The van der Waals surface area contributed by atoms with Gasteiger partial charge in [-0.15, -0.1) is 0 Å². The van der Waals surface area contributed by atoms with Gasteiger partial charge >= 0.3 is 0 Å². The predicted molar refractivity (Wildman–Crippen MR) is 79.7 cm³/mol. The van der Waals surface area contributed by atoms with E-state index < -0.39 is 0 Å². The summed E-state index contributed by atoms with van der Waals surface area (Å²) in [7, 11) is 2.07. The molecule has 0 aliphatic carbocycles. The molecule has 2 unspecified atom stereocenters. The maximum Gasteiger partial charge on any atom is 0.119 e. The largest absolute Gasteiger partial charge is 0.494 e. The molecule has 1 aromatic rings. The molecule has 3 heteroatoms. The lowest BCUT2D eigenvalue weighted by atomic mass is 9.98. The average molecular weight is 262 g/mol. The van der Waals surface area contributed by atoms with Crippen molar-refractivity contribution in [1.29, 1.82) is 0 Å². The second kappa shape index (κ2) is 7.51. The van der Waals surface area contributed by atoms with E-state index in [2.05, 4.69) is 24.2 Å². The normalized spacial score (nSPS) is 24.3. The van der Waals surface area contributed by atoms with Crippen LogP contribution < -0.4 is 10.1 Å². The Balaban J connectivity index is 1.63. The van der Waals surface area contributed by atoms with Crippen molar-refractivity contribution in [3.05, 3.63) is 30.3 Å². The second-order valence-electron chi connectivity index (χ2n) is 5.41. The highest BCUT2D eigenvalue weighted by atomic mass is 16.5. The van der Waals surface area contributed by atoms with Crippen LogP contribution >= 0.6 is 0 Å². The molecule has 1 aliphatic rings. The minimum Gasteiger partial charge on any atom is -0.494 e. The number of piperidine rings is 1. The van der Waals surface area contributed by atoms with Crippen molar-refractivity contribution in [2.24, 2.45) is 0 Å². The minimum absolute atomic E-state index is 0.683. The van der Waals surface area contributed by atoms with E-state index in [9.17, 15) is 0 Å². The third kappa shape index (κ3) is 4.51. The SMILES string of the molecule is CNC1CCN(CCCOc2ccccc2)C(C)C1. The first-order valence-electron chi connectivity index (χ1n) is 7.38. The van der Waals surface area contributed by atoms with Crippen LogP contribution in [-0.4, -0.2) is 43.7 Å². The van der Waals surface area contributed by atoms with Crippen LogP contribution in [0, 0.1) is 0 Å². The molecular formula is C16H26N2O. The van der Waals surface area contributed by atoms with Gasteiger partial charge in [-0.1, -0.05) is 18.2 Å².